The lowest BCUT2D eigenvalue weighted by Crippen LogP contribution is -2.43. The molecular weight excluding hydrogens is 272 g/mol. The highest BCUT2D eigenvalue weighted by atomic mass is 35.5. The number of halogens is 1. The van der Waals surface area contributed by atoms with E-state index < -0.39 is 5.41 Å². The van der Waals surface area contributed by atoms with Crippen molar-refractivity contribution in [3.8, 4) is 0 Å². The Morgan fingerprint density at radius 3 is 2.70 bits per heavy atom. The summed E-state index contributed by atoms with van der Waals surface area (Å²) in [5.41, 5.74) is 3.78. The minimum absolute atomic E-state index is 0.124. The first kappa shape index (κ1) is 13.3. The summed E-state index contributed by atoms with van der Waals surface area (Å²) in [6.45, 7) is 5.71. The summed E-state index contributed by atoms with van der Waals surface area (Å²) in [5, 5.41) is 0.650. The van der Waals surface area contributed by atoms with Gasteiger partial charge >= 0.3 is 0 Å². The van der Waals surface area contributed by atoms with Crippen LogP contribution in [-0.4, -0.2) is 10.8 Å². The molecule has 0 bridgehead atoms. The van der Waals surface area contributed by atoms with Gasteiger partial charge in [0.05, 0.1) is 5.41 Å². The molecule has 0 saturated heterocycles. The van der Waals surface area contributed by atoms with Crippen molar-refractivity contribution in [2.75, 3.05) is 0 Å². The molecule has 0 radical (unpaired) electrons. The Hall–Kier alpha value is -1.74. The van der Waals surface area contributed by atoms with Crippen molar-refractivity contribution >= 4 is 34.5 Å². The van der Waals surface area contributed by atoms with Crippen LogP contribution in [0.15, 0.2) is 23.8 Å². The predicted molar refractivity (Wildman–Crippen MR) is 79.6 cm³/mol. The molecule has 3 nitrogen and oxygen atoms in total. The number of hydrogen-bond acceptors (Lipinski definition) is 2. The van der Waals surface area contributed by atoms with Crippen molar-refractivity contribution in [2.24, 2.45) is 7.05 Å². The molecule has 0 aliphatic heterocycles. The van der Waals surface area contributed by atoms with Crippen LogP contribution in [0.1, 0.15) is 32.2 Å². The number of benzene rings is 1. The molecule has 0 atom stereocenters. The van der Waals surface area contributed by atoms with Crippen LogP contribution in [0.4, 0.5) is 0 Å². The number of fused-ring (bicyclic) bond motifs is 2. The van der Waals surface area contributed by atoms with Gasteiger partial charge in [-0.15, -0.1) is 0 Å². The van der Waals surface area contributed by atoms with E-state index in [1.54, 1.807) is 0 Å². The van der Waals surface area contributed by atoms with Crippen LogP contribution in [0.25, 0.3) is 17.1 Å². The third kappa shape index (κ3) is 1.70. The predicted octanol–water partition coefficient (Wildman–Crippen LogP) is 2.98. The zero-order valence-electron chi connectivity index (χ0n) is 12.0. The topological polar surface area (TPSA) is 33.8 Å². The Morgan fingerprint density at radius 1 is 1.30 bits per heavy atom. The first-order valence-electron chi connectivity index (χ1n) is 6.55. The minimum Gasteiger partial charge on any atom is -0.294 e. The van der Waals surface area contributed by atoms with Gasteiger partial charge in [-0.05, 0) is 38.5 Å². The van der Waals surface area contributed by atoms with E-state index in [9.17, 15) is 4.79 Å². The standard InChI is InChI=1S/C16H16ClN2O/c1-9-7-13-14(16(2,3)15(9)20)18-11-8-10(17)5-6-12(11)19(13)4/h5-8H,1-4H3/q+1. The van der Waals surface area contributed by atoms with Crippen LogP contribution in [0.5, 0.6) is 0 Å². The summed E-state index contributed by atoms with van der Waals surface area (Å²) in [5.74, 6) is 0.124. The molecule has 102 valence electrons. The first-order valence-corrected chi connectivity index (χ1v) is 6.93. The number of hydrogen-bond donors (Lipinski definition) is 0. The maximum atomic E-state index is 12.4. The molecule has 1 aromatic carbocycles. The number of ketones is 1. The third-order valence-corrected chi connectivity index (χ3v) is 4.24. The quantitative estimate of drug-likeness (QED) is 0.698. The summed E-state index contributed by atoms with van der Waals surface area (Å²) in [6, 6.07) is 5.65. The van der Waals surface area contributed by atoms with Gasteiger partial charge in [0.2, 0.25) is 11.2 Å². The smallest absolute Gasteiger partial charge is 0.231 e. The number of carbonyl (C=O) groups is 1. The monoisotopic (exact) mass is 287 g/mol. The summed E-state index contributed by atoms with van der Waals surface area (Å²) in [7, 11) is 1.99. The molecule has 20 heavy (non-hydrogen) atoms. The molecule has 4 heteroatoms. The van der Waals surface area contributed by atoms with Gasteiger partial charge in [0.25, 0.3) is 0 Å². The number of rotatable bonds is 0. The maximum Gasteiger partial charge on any atom is 0.231 e. The molecule has 1 aliphatic rings. The SMILES string of the molecule is CC1=Cc2c(nc3cc(Cl)ccc3[n+]2C)C(C)(C)C1=O. The van der Waals surface area contributed by atoms with Gasteiger partial charge < -0.3 is 0 Å². The van der Waals surface area contributed by atoms with E-state index in [0.29, 0.717) is 5.02 Å². The second-order valence-electron chi connectivity index (χ2n) is 5.82. The molecule has 3 rings (SSSR count). The second-order valence-corrected chi connectivity index (χ2v) is 6.26. The van der Waals surface area contributed by atoms with E-state index in [4.69, 9.17) is 16.6 Å². The van der Waals surface area contributed by atoms with Crippen LogP contribution in [0.3, 0.4) is 0 Å². The van der Waals surface area contributed by atoms with Gasteiger partial charge in [0.15, 0.2) is 5.78 Å². The molecule has 1 aliphatic carbocycles. The number of carbonyl (C=O) groups excluding carboxylic acids is 1. The maximum absolute atomic E-state index is 12.4. The molecule has 0 amide bonds. The highest BCUT2D eigenvalue weighted by molar-refractivity contribution is 6.31. The van der Waals surface area contributed by atoms with E-state index in [-0.39, 0.29) is 5.78 Å². The summed E-state index contributed by atoms with van der Waals surface area (Å²) in [6.07, 6.45) is 1.92. The van der Waals surface area contributed by atoms with Crippen molar-refractivity contribution in [2.45, 2.75) is 26.2 Å². The fourth-order valence-electron chi connectivity index (χ4n) is 2.83. The average Bonchev–Trinajstić information content (AvgIpc) is 2.38. The number of aromatic nitrogens is 2. The van der Waals surface area contributed by atoms with Gasteiger partial charge in [-0.2, -0.15) is 4.57 Å². The Balaban J connectivity index is 2.46. The fourth-order valence-corrected chi connectivity index (χ4v) is 3.00. The van der Waals surface area contributed by atoms with Crippen molar-refractivity contribution in [3.63, 3.8) is 0 Å². The average molecular weight is 288 g/mol. The molecule has 0 unspecified atom stereocenters. The first-order chi connectivity index (χ1) is 9.32. The Bertz CT molecular complexity index is 791. The van der Waals surface area contributed by atoms with Crippen LogP contribution >= 0.6 is 11.6 Å². The van der Waals surface area contributed by atoms with Gasteiger partial charge in [0, 0.05) is 17.2 Å². The molecule has 0 fully saturated rings. The second kappa shape index (κ2) is 4.13. The largest absolute Gasteiger partial charge is 0.294 e. The van der Waals surface area contributed by atoms with Crippen LogP contribution in [0, 0.1) is 0 Å². The van der Waals surface area contributed by atoms with Gasteiger partial charge in [-0.3, -0.25) is 4.79 Å². The minimum atomic E-state index is -0.609. The zero-order chi connectivity index (χ0) is 14.7. The number of Topliss-reactive ketones (excluding diaryl/α,β-unsaturated/α-hetero) is 1. The van der Waals surface area contributed by atoms with E-state index in [1.165, 1.54) is 0 Å². The van der Waals surface area contributed by atoms with Crippen LogP contribution < -0.4 is 4.57 Å². The van der Waals surface area contributed by atoms with E-state index in [0.717, 1.165) is 28.0 Å². The molecule has 1 heterocycles. The Labute approximate surface area is 122 Å². The normalized spacial score (nSPS) is 17.1. The Morgan fingerprint density at radius 2 is 2.00 bits per heavy atom. The van der Waals surface area contributed by atoms with E-state index in [2.05, 4.69) is 4.57 Å². The van der Waals surface area contributed by atoms with Gasteiger partial charge in [-0.25, -0.2) is 4.98 Å². The zero-order valence-corrected chi connectivity index (χ0v) is 12.7. The van der Waals surface area contributed by atoms with Crippen molar-refractivity contribution < 1.29 is 9.36 Å². The molecule has 0 saturated carbocycles. The number of allylic oxidation sites excluding steroid dienone is 1. The summed E-state index contributed by atoms with van der Waals surface area (Å²) in [4.78, 5) is 17.1. The lowest BCUT2D eigenvalue weighted by Gasteiger charge is -2.26. The third-order valence-electron chi connectivity index (χ3n) is 4.01. The molecule has 0 N–H and O–H groups in total. The van der Waals surface area contributed by atoms with Gasteiger partial charge in [-0.1, -0.05) is 11.6 Å². The highest BCUT2D eigenvalue weighted by Crippen LogP contribution is 2.34. The van der Waals surface area contributed by atoms with Crippen LogP contribution in [0.2, 0.25) is 5.02 Å². The van der Waals surface area contributed by atoms with Crippen LogP contribution in [-0.2, 0) is 17.3 Å². The lowest BCUT2D eigenvalue weighted by molar-refractivity contribution is -0.647. The van der Waals surface area contributed by atoms with Crippen molar-refractivity contribution in [1.29, 1.82) is 0 Å². The van der Waals surface area contributed by atoms with Gasteiger partial charge in [0.1, 0.15) is 18.3 Å². The lowest BCUT2D eigenvalue weighted by atomic mass is 9.76. The number of nitrogens with zero attached hydrogens (tertiary/aromatic N) is 2. The summed E-state index contributed by atoms with van der Waals surface area (Å²) >= 11 is 6.05. The van der Waals surface area contributed by atoms with Crippen molar-refractivity contribution in [1.82, 2.24) is 4.98 Å². The Kier molecular flexibility index (Phi) is 2.73. The molecular formula is C16H16ClN2O+. The van der Waals surface area contributed by atoms with E-state index >= 15 is 0 Å². The number of aryl methyl sites for hydroxylation is 1. The van der Waals surface area contributed by atoms with E-state index in [1.807, 2.05) is 52.1 Å². The highest BCUT2D eigenvalue weighted by Gasteiger charge is 2.41. The summed E-state index contributed by atoms with van der Waals surface area (Å²) < 4.78 is 2.08. The molecule has 2 aromatic rings. The molecule has 1 aromatic heterocycles. The fraction of sp³-hybridized carbons (Fsp3) is 0.312. The van der Waals surface area contributed by atoms with Crippen molar-refractivity contribution in [3.05, 3.63) is 40.2 Å². The molecule has 0 spiro atoms.